The number of carboxylic acids is 1. The van der Waals surface area contributed by atoms with Crippen molar-refractivity contribution in [1.82, 2.24) is 14.6 Å². The van der Waals surface area contributed by atoms with Gasteiger partial charge in [-0.1, -0.05) is 30.3 Å². The molecule has 32 heavy (non-hydrogen) atoms. The molecule has 0 fully saturated rings. The fourth-order valence-corrected chi connectivity index (χ4v) is 3.53. The van der Waals surface area contributed by atoms with E-state index >= 15 is 0 Å². The molecule has 0 atom stereocenters. The molecule has 0 aliphatic rings. The van der Waals surface area contributed by atoms with Gasteiger partial charge in [0.05, 0.1) is 17.5 Å². The number of aromatic nitrogens is 3. The van der Waals surface area contributed by atoms with Crippen molar-refractivity contribution in [2.75, 3.05) is 11.9 Å². The van der Waals surface area contributed by atoms with Crippen molar-refractivity contribution in [2.24, 2.45) is 5.73 Å². The number of amides is 1. The van der Waals surface area contributed by atoms with Crippen LogP contribution in [0, 0.1) is 5.82 Å². The van der Waals surface area contributed by atoms with Gasteiger partial charge in [-0.2, -0.15) is 0 Å². The molecule has 2 aromatic heterocycles. The summed E-state index contributed by atoms with van der Waals surface area (Å²) >= 11 is 0. The number of halogens is 1. The monoisotopic (exact) mass is 433 g/mol. The molecule has 9 heteroatoms. The summed E-state index contributed by atoms with van der Waals surface area (Å²) < 4.78 is 16.4. The van der Waals surface area contributed by atoms with Gasteiger partial charge in [0.2, 0.25) is 0 Å². The van der Waals surface area contributed by atoms with Crippen molar-refractivity contribution in [2.45, 2.75) is 13.0 Å². The van der Waals surface area contributed by atoms with E-state index in [4.69, 9.17) is 5.73 Å². The van der Waals surface area contributed by atoms with Gasteiger partial charge in [-0.15, -0.1) is 5.10 Å². The topological polar surface area (TPSA) is 114 Å². The molecule has 4 aromatic rings. The molecule has 3 N–H and O–H groups in total. The molecule has 0 aliphatic heterocycles. The summed E-state index contributed by atoms with van der Waals surface area (Å²) in [5.41, 5.74) is 7.49. The molecule has 4 rings (SSSR count). The smallest absolute Gasteiger partial charge is 0.307 e. The van der Waals surface area contributed by atoms with Gasteiger partial charge in [0, 0.05) is 31.0 Å². The number of fused-ring (bicyclic) bond motifs is 1. The molecule has 0 saturated carbocycles. The lowest BCUT2D eigenvalue weighted by atomic mass is 10.1. The third-order valence-corrected chi connectivity index (χ3v) is 5.13. The van der Waals surface area contributed by atoms with Crippen molar-refractivity contribution in [1.29, 1.82) is 0 Å². The molecule has 1 amide bonds. The van der Waals surface area contributed by atoms with E-state index in [-0.39, 0.29) is 30.0 Å². The normalized spacial score (nSPS) is 11.0. The van der Waals surface area contributed by atoms with Crippen LogP contribution >= 0.6 is 0 Å². The molecular formula is C23H20FN5O3. The summed E-state index contributed by atoms with van der Waals surface area (Å²) in [6, 6.07) is 14.9. The number of benzene rings is 2. The van der Waals surface area contributed by atoms with Crippen LogP contribution in [-0.2, 0) is 17.8 Å². The van der Waals surface area contributed by atoms with E-state index in [1.165, 1.54) is 15.5 Å². The van der Waals surface area contributed by atoms with Crippen LogP contribution in [-0.4, -0.2) is 38.6 Å². The summed E-state index contributed by atoms with van der Waals surface area (Å²) in [5.74, 6) is -1.99. The predicted octanol–water partition coefficient (Wildman–Crippen LogP) is 2.90. The first-order valence-corrected chi connectivity index (χ1v) is 9.81. The minimum atomic E-state index is -1.01. The molecule has 0 aliphatic carbocycles. The van der Waals surface area contributed by atoms with Gasteiger partial charge in [0.1, 0.15) is 5.82 Å². The van der Waals surface area contributed by atoms with Gasteiger partial charge in [0.15, 0.2) is 11.5 Å². The highest BCUT2D eigenvalue weighted by molar-refractivity contribution is 6.09. The number of aliphatic carboxylic acids is 1. The number of carboxylic acid groups (broad SMARTS) is 1. The number of hydrogen-bond donors (Lipinski definition) is 2. The Morgan fingerprint density at radius 2 is 1.84 bits per heavy atom. The minimum absolute atomic E-state index is 0.0142. The largest absolute Gasteiger partial charge is 0.481 e. The molecule has 162 valence electrons. The van der Waals surface area contributed by atoms with Crippen molar-refractivity contribution < 1.29 is 19.1 Å². The Bertz CT molecular complexity index is 1330. The molecule has 2 aromatic carbocycles. The Hall–Kier alpha value is -4.11. The van der Waals surface area contributed by atoms with Gasteiger partial charge in [-0.25, -0.2) is 13.9 Å². The molecule has 0 saturated heterocycles. The second-order valence-electron chi connectivity index (χ2n) is 7.17. The predicted molar refractivity (Wildman–Crippen MR) is 117 cm³/mol. The number of anilines is 1. The Morgan fingerprint density at radius 1 is 1.09 bits per heavy atom. The third kappa shape index (κ3) is 3.81. The maximum Gasteiger partial charge on any atom is 0.307 e. The zero-order valence-corrected chi connectivity index (χ0v) is 17.2. The zero-order chi connectivity index (χ0) is 22.8. The number of nitrogens with zero attached hydrogens (tertiary/aromatic N) is 4. The SMILES string of the molecule is CN(C(=O)c1nc(-c2cccc(CN)c2F)nn2cccc12)c1ccccc1CC(=O)O. The Kier molecular flexibility index (Phi) is 5.65. The first-order chi connectivity index (χ1) is 15.4. The number of rotatable bonds is 6. The number of carbonyl (C=O) groups is 2. The average molecular weight is 433 g/mol. The lowest BCUT2D eigenvalue weighted by Gasteiger charge is -2.20. The molecule has 0 bridgehead atoms. The van der Waals surface area contributed by atoms with Gasteiger partial charge in [-0.05, 0) is 29.8 Å². The van der Waals surface area contributed by atoms with E-state index < -0.39 is 17.7 Å². The van der Waals surface area contributed by atoms with Crippen LogP contribution in [0.15, 0.2) is 60.8 Å². The highest BCUT2D eigenvalue weighted by Crippen LogP contribution is 2.26. The number of nitrogens with two attached hydrogens (primary N) is 1. The van der Waals surface area contributed by atoms with Crippen LogP contribution in [0.5, 0.6) is 0 Å². The van der Waals surface area contributed by atoms with Crippen molar-refractivity contribution in [3.63, 3.8) is 0 Å². The summed E-state index contributed by atoms with van der Waals surface area (Å²) in [4.78, 5) is 30.4. The lowest BCUT2D eigenvalue weighted by Crippen LogP contribution is -2.29. The van der Waals surface area contributed by atoms with Gasteiger partial charge < -0.3 is 15.7 Å². The van der Waals surface area contributed by atoms with Gasteiger partial charge >= 0.3 is 5.97 Å². The summed E-state index contributed by atoms with van der Waals surface area (Å²) in [6.45, 7) is 0.0142. The molecule has 0 unspecified atom stereocenters. The van der Waals surface area contributed by atoms with E-state index in [1.54, 1.807) is 61.8 Å². The number of carbonyl (C=O) groups excluding carboxylic acids is 1. The zero-order valence-electron chi connectivity index (χ0n) is 17.2. The summed E-state index contributed by atoms with van der Waals surface area (Å²) in [6.07, 6.45) is 1.40. The fraction of sp³-hybridized carbons (Fsp3) is 0.130. The first kappa shape index (κ1) is 21.1. The van der Waals surface area contributed by atoms with Crippen LogP contribution in [0.2, 0.25) is 0 Å². The van der Waals surface area contributed by atoms with Gasteiger partial charge in [-0.3, -0.25) is 9.59 Å². The van der Waals surface area contributed by atoms with Gasteiger partial charge in [0.25, 0.3) is 5.91 Å². The Balaban J connectivity index is 1.83. The quantitative estimate of drug-likeness (QED) is 0.483. The summed E-state index contributed by atoms with van der Waals surface area (Å²) in [7, 11) is 1.54. The summed E-state index contributed by atoms with van der Waals surface area (Å²) in [5, 5.41) is 13.6. The molecule has 0 spiro atoms. The van der Waals surface area contributed by atoms with E-state index in [9.17, 15) is 19.1 Å². The van der Waals surface area contributed by atoms with Crippen LogP contribution in [0.4, 0.5) is 10.1 Å². The fourth-order valence-electron chi connectivity index (χ4n) is 3.53. The molecule has 2 heterocycles. The molecule has 0 radical (unpaired) electrons. The van der Waals surface area contributed by atoms with Crippen LogP contribution in [0.25, 0.3) is 16.9 Å². The van der Waals surface area contributed by atoms with Crippen molar-refractivity contribution in [3.05, 3.63) is 83.4 Å². The second kappa shape index (κ2) is 8.56. The first-order valence-electron chi connectivity index (χ1n) is 9.81. The second-order valence-corrected chi connectivity index (χ2v) is 7.17. The maximum absolute atomic E-state index is 14.9. The molecular weight excluding hydrogens is 413 g/mol. The van der Waals surface area contributed by atoms with Crippen molar-refractivity contribution >= 4 is 23.1 Å². The lowest BCUT2D eigenvalue weighted by molar-refractivity contribution is -0.136. The number of para-hydroxylation sites is 1. The van der Waals surface area contributed by atoms with E-state index in [0.29, 0.717) is 22.3 Å². The number of hydrogen-bond acceptors (Lipinski definition) is 5. The van der Waals surface area contributed by atoms with Crippen molar-refractivity contribution in [3.8, 4) is 11.4 Å². The standard InChI is InChI=1S/C23H20FN5O3/c1-28(17-9-3-2-6-14(17)12-19(30)31)23(32)21-18-10-5-11-29(18)27-22(26-21)16-8-4-7-15(13-25)20(16)24/h2-11H,12-13,25H2,1H3,(H,30,31). The van der Waals surface area contributed by atoms with E-state index in [2.05, 4.69) is 10.1 Å². The highest BCUT2D eigenvalue weighted by Gasteiger charge is 2.23. The van der Waals surface area contributed by atoms with Crippen LogP contribution in [0.3, 0.4) is 0 Å². The third-order valence-electron chi connectivity index (χ3n) is 5.13. The Morgan fingerprint density at radius 3 is 2.59 bits per heavy atom. The average Bonchev–Trinajstić information content (AvgIpc) is 3.26. The van der Waals surface area contributed by atoms with Crippen LogP contribution < -0.4 is 10.6 Å². The Labute approximate surface area is 182 Å². The molecule has 8 nitrogen and oxygen atoms in total. The van der Waals surface area contributed by atoms with E-state index in [1.807, 2.05) is 0 Å². The maximum atomic E-state index is 14.9. The minimum Gasteiger partial charge on any atom is -0.481 e. The highest BCUT2D eigenvalue weighted by atomic mass is 19.1. The van der Waals surface area contributed by atoms with Crippen LogP contribution in [0.1, 0.15) is 21.6 Å². The van der Waals surface area contributed by atoms with E-state index in [0.717, 1.165) is 0 Å².